The summed E-state index contributed by atoms with van der Waals surface area (Å²) in [5.74, 6) is 0. The van der Waals surface area contributed by atoms with Crippen LogP contribution in [0.1, 0.15) is 12.5 Å². The fraction of sp³-hybridized carbons (Fsp3) is 0.0385. The molecule has 0 fully saturated rings. The molecule has 0 amide bonds. The summed E-state index contributed by atoms with van der Waals surface area (Å²) >= 11 is 6.62. The van der Waals surface area contributed by atoms with Gasteiger partial charge in [-0.1, -0.05) is 54.6 Å². The van der Waals surface area contributed by atoms with Gasteiger partial charge < -0.3 is 4.98 Å². The molecule has 31 heavy (non-hydrogen) atoms. The maximum Gasteiger partial charge on any atom is 0.191 e. The van der Waals surface area contributed by atoms with Crippen molar-refractivity contribution in [1.82, 2.24) is 15.0 Å². The van der Waals surface area contributed by atoms with Crippen molar-refractivity contribution in [2.45, 2.75) is 6.92 Å². The van der Waals surface area contributed by atoms with Crippen LogP contribution in [0.3, 0.4) is 0 Å². The van der Waals surface area contributed by atoms with Gasteiger partial charge in [0.15, 0.2) is 5.43 Å². The van der Waals surface area contributed by atoms with Crippen molar-refractivity contribution in [3.8, 4) is 22.4 Å². The number of aromatic amines is 1. The molecule has 150 valence electrons. The fourth-order valence-electron chi connectivity index (χ4n) is 4.01. The van der Waals surface area contributed by atoms with Crippen molar-refractivity contribution in [2.75, 3.05) is 0 Å². The second kappa shape index (κ2) is 7.49. The van der Waals surface area contributed by atoms with Crippen LogP contribution in [0.5, 0.6) is 0 Å². The normalized spacial score (nSPS) is 11.2. The van der Waals surface area contributed by atoms with E-state index in [1.54, 1.807) is 12.4 Å². The number of benzene rings is 2. The van der Waals surface area contributed by atoms with Crippen LogP contribution in [0.15, 0.2) is 84.4 Å². The number of nitrogens with one attached hydrogen (secondary N) is 1. The van der Waals surface area contributed by atoms with E-state index in [9.17, 15) is 4.79 Å². The van der Waals surface area contributed by atoms with E-state index in [1.807, 2.05) is 61.5 Å². The molecule has 1 N–H and O–H groups in total. The summed E-state index contributed by atoms with van der Waals surface area (Å²) in [6, 6.07) is 19.2. The lowest BCUT2D eigenvalue weighted by Crippen LogP contribution is -2.08. The predicted molar refractivity (Wildman–Crippen MR) is 128 cm³/mol. The molecule has 2 aromatic carbocycles. The van der Waals surface area contributed by atoms with E-state index in [1.165, 1.54) is 6.07 Å². The van der Waals surface area contributed by atoms with Crippen molar-refractivity contribution in [3.05, 3.63) is 100 Å². The number of pyridine rings is 3. The highest BCUT2D eigenvalue weighted by atomic mass is 35.5. The quantitative estimate of drug-likeness (QED) is 0.360. The Morgan fingerprint density at radius 2 is 1.84 bits per heavy atom. The molecule has 4 nitrogen and oxygen atoms in total. The number of nitrogens with zero attached hydrogens (tertiary/aromatic N) is 2. The Balaban J connectivity index is 1.99. The summed E-state index contributed by atoms with van der Waals surface area (Å²) < 4.78 is 0. The highest BCUT2D eigenvalue weighted by Gasteiger charge is 2.21. The van der Waals surface area contributed by atoms with Crippen molar-refractivity contribution >= 4 is 39.1 Å². The molecule has 0 unspecified atom stereocenters. The Labute approximate surface area is 183 Å². The van der Waals surface area contributed by atoms with Crippen molar-refractivity contribution in [2.24, 2.45) is 0 Å². The van der Waals surface area contributed by atoms with E-state index in [4.69, 9.17) is 16.6 Å². The molecule has 0 bridgehead atoms. The molecule has 0 atom stereocenters. The van der Waals surface area contributed by atoms with E-state index < -0.39 is 0 Å². The Hall–Kier alpha value is -3.76. The highest BCUT2D eigenvalue weighted by Crippen LogP contribution is 2.41. The van der Waals surface area contributed by atoms with E-state index in [0.29, 0.717) is 16.1 Å². The zero-order chi connectivity index (χ0) is 21.5. The van der Waals surface area contributed by atoms with Gasteiger partial charge in [0, 0.05) is 40.5 Å². The minimum absolute atomic E-state index is 0.103. The standard InChI is InChI=1S/C26H18ClN3O/c1-15(2)21-22(18-13-17-9-6-11-28-24(17)19(27)14-18)25(16-7-4-3-5-8-16)30-26-23(21)20(31)10-12-29-26/h3-14H,1H2,2H3,(H,29,30,31). The van der Waals surface area contributed by atoms with Gasteiger partial charge >= 0.3 is 0 Å². The van der Waals surface area contributed by atoms with Crippen LogP contribution in [0, 0.1) is 0 Å². The molecular weight excluding hydrogens is 406 g/mol. The Kier molecular flexibility index (Phi) is 4.64. The minimum atomic E-state index is -0.103. The number of hydrogen-bond acceptors (Lipinski definition) is 3. The molecule has 5 aromatic rings. The number of allylic oxidation sites excluding steroid dienone is 1. The molecule has 0 aliphatic rings. The monoisotopic (exact) mass is 423 g/mol. The van der Waals surface area contributed by atoms with Crippen LogP contribution in [-0.4, -0.2) is 15.0 Å². The van der Waals surface area contributed by atoms with Crippen LogP contribution in [0.4, 0.5) is 0 Å². The largest absolute Gasteiger partial charge is 0.346 e. The molecule has 0 aliphatic carbocycles. The Morgan fingerprint density at radius 3 is 2.61 bits per heavy atom. The lowest BCUT2D eigenvalue weighted by molar-refractivity contribution is 1.27. The molecule has 0 saturated carbocycles. The zero-order valence-electron chi connectivity index (χ0n) is 16.8. The van der Waals surface area contributed by atoms with Crippen LogP contribution >= 0.6 is 11.6 Å². The third kappa shape index (κ3) is 3.22. The van der Waals surface area contributed by atoms with Gasteiger partial charge in [0.25, 0.3) is 0 Å². The lowest BCUT2D eigenvalue weighted by Gasteiger charge is -2.18. The number of aromatic nitrogens is 3. The van der Waals surface area contributed by atoms with Crippen LogP contribution in [-0.2, 0) is 0 Å². The van der Waals surface area contributed by atoms with Gasteiger partial charge in [-0.3, -0.25) is 9.78 Å². The average molecular weight is 424 g/mol. The molecule has 3 aromatic heterocycles. The summed E-state index contributed by atoms with van der Waals surface area (Å²) in [6.07, 6.45) is 3.34. The smallest absolute Gasteiger partial charge is 0.191 e. The van der Waals surface area contributed by atoms with Crippen LogP contribution in [0.2, 0.25) is 5.02 Å². The predicted octanol–water partition coefficient (Wildman–Crippen LogP) is 6.49. The number of rotatable bonds is 3. The van der Waals surface area contributed by atoms with Crippen LogP contribution < -0.4 is 5.43 Å². The fourth-order valence-corrected chi connectivity index (χ4v) is 4.29. The molecule has 0 saturated heterocycles. The molecule has 5 rings (SSSR count). The van der Waals surface area contributed by atoms with E-state index >= 15 is 0 Å². The molecule has 0 radical (unpaired) electrons. The zero-order valence-corrected chi connectivity index (χ0v) is 17.6. The van der Waals surface area contributed by atoms with Gasteiger partial charge in [0.2, 0.25) is 0 Å². The summed E-state index contributed by atoms with van der Waals surface area (Å²) in [5, 5.41) is 1.98. The second-order valence-electron chi connectivity index (χ2n) is 7.46. The number of hydrogen-bond donors (Lipinski definition) is 1. The van der Waals surface area contributed by atoms with Gasteiger partial charge in [0.05, 0.1) is 21.6 Å². The third-order valence-electron chi connectivity index (χ3n) is 5.32. The highest BCUT2D eigenvalue weighted by molar-refractivity contribution is 6.35. The molecule has 0 aliphatic heterocycles. The van der Waals surface area contributed by atoms with Gasteiger partial charge in [0.1, 0.15) is 5.65 Å². The van der Waals surface area contributed by atoms with E-state index in [2.05, 4.69) is 16.5 Å². The van der Waals surface area contributed by atoms with Gasteiger partial charge in [-0.05, 0) is 36.3 Å². The average Bonchev–Trinajstić information content (AvgIpc) is 2.78. The first kappa shape index (κ1) is 19.2. The summed E-state index contributed by atoms with van der Waals surface area (Å²) in [4.78, 5) is 25.3. The molecule has 3 heterocycles. The first-order valence-electron chi connectivity index (χ1n) is 9.86. The first-order valence-corrected chi connectivity index (χ1v) is 10.2. The molecule has 5 heteroatoms. The van der Waals surface area contributed by atoms with E-state index in [-0.39, 0.29) is 5.43 Å². The van der Waals surface area contributed by atoms with E-state index in [0.717, 1.165) is 44.4 Å². The van der Waals surface area contributed by atoms with Gasteiger partial charge in [-0.2, -0.15) is 0 Å². The Morgan fingerprint density at radius 1 is 1.03 bits per heavy atom. The maximum absolute atomic E-state index is 12.9. The lowest BCUT2D eigenvalue weighted by atomic mass is 9.89. The van der Waals surface area contributed by atoms with Crippen LogP contribution in [0.25, 0.3) is 49.9 Å². The van der Waals surface area contributed by atoms with Crippen molar-refractivity contribution < 1.29 is 0 Å². The molecule has 0 spiro atoms. The van der Waals surface area contributed by atoms with Gasteiger partial charge in [-0.15, -0.1) is 0 Å². The topological polar surface area (TPSA) is 58.6 Å². The summed E-state index contributed by atoms with van der Waals surface area (Å²) in [7, 11) is 0. The third-order valence-corrected chi connectivity index (χ3v) is 5.61. The second-order valence-corrected chi connectivity index (χ2v) is 7.86. The van der Waals surface area contributed by atoms with Crippen molar-refractivity contribution in [1.29, 1.82) is 0 Å². The summed E-state index contributed by atoms with van der Waals surface area (Å²) in [6.45, 7) is 6.10. The molecular formula is C26H18ClN3O. The maximum atomic E-state index is 12.9. The van der Waals surface area contributed by atoms with Gasteiger partial charge in [-0.25, -0.2) is 4.98 Å². The Bertz CT molecular complexity index is 1540. The SMILES string of the molecule is C=C(C)c1c(-c2cc(Cl)c3ncccc3c2)c(-c2ccccc2)nc2[nH]ccc(=O)c12. The number of halogens is 1. The number of H-pyrrole nitrogens is 1. The first-order chi connectivity index (χ1) is 15.0. The van der Waals surface area contributed by atoms with Crippen molar-refractivity contribution in [3.63, 3.8) is 0 Å². The number of fused-ring (bicyclic) bond motifs is 2. The minimum Gasteiger partial charge on any atom is -0.346 e. The summed E-state index contributed by atoms with van der Waals surface area (Å²) in [5.41, 5.74) is 6.09.